The van der Waals surface area contributed by atoms with E-state index in [-0.39, 0.29) is 0 Å². The van der Waals surface area contributed by atoms with Crippen LogP contribution in [0.25, 0.3) is 0 Å². The second-order valence-corrected chi connectivity index (χ2v) is 9.11. The molecular weight excluding hydrogens is 412 g/mol. The topological polar surface area (TPSA) is 15.7 Å². The number of allylic oxidation sites excluding steroid dienone is 3. The molecule has 0 amide bonds. The van der Waals surface area contributed by atoms with Gasteiger partial charge in [-0.15, -0.1) is 0 Å². The minimum Gasteiger partial charge on any atom is -0.489 e. The van der Waals surface area contributed by atoms with Crippen LogP contribution < -0.4 is 0 Å². The highest BCUT2D eigenvalue weighted by atomic mass is 79.9. The first-order valence-corrected chi connectivity index (χ1v) is 10.9. The van der Waals surface area contributed by atoms with Crippen LogP contribution >= 0.6 is 15.9 Å². The maximum atomic E-state index is 6.31. The zero-order valence-electron chi connectivity index (χ0n) is 17.1. The third-order valence-corrected chi connectivity index (χ3v) is 6.74. The van der Waals surface area contributed by atoms with E-state index < -0.39 is 0 Å². The van der Waals surface area contributed by atoms with E-state index >= 15 is 0 Å². The van der Waals surface area contributed by atoms with E-state index in [1.165, 1.54) is 39.8 Å². The van der Waals surface area contributed by atoms with Gasteiger partial charge in [0.05, 0.1) is 0 Å². The molecule has 148 valence electrons. The molecule has 1 aromatic carbocycles. The van der Waals surface area contributed by atoms with Crippen molar-refractivity contribution in [2.75, 3.05) is 40.3 Å². The van der Waals surface area contributed by atoms with Crippen LogP contribution in [0.1, 0.15) is 24.0 Å². The molecule has 28 heavy (non-hydrogen) atoms. The summed E-state index contributed by atoms with van der Waals surface area (Å²) in [7, 11) is 4.29. The molecule has 1 aliphatic heterocycles. The highest BCUT2D eigenvalue weighted by Crippen LogP contribution is 2.39. The van der Waals surface area contributed by atoms with Crippen molar-refractivity contribution >= 4 is 15.9 Å². The lowest BCUT2D eigenvalue weighted by Gasteiger charge is -2.36. The van der Waals surface area contributed by atoms with Crippen molar-refractivity contribution in [3.63, 3.8) is 0 Å². The summed E-state index contributed by atoms with van der Waals surface area (Å²) in [4.78, 5) is 4.84. The third kappa shape index (κ3) is 4.19. The van der Waals surface area contributed by atoms with Gasteiger partial charge in [0, 0.05) is 30.5 Å². The van der Waals surface area contributed by atoms with Gasteiger partial charge in [0.15, 0.2) is 0 Å². The summed E-state index contributed by atoms with van der Waals surface area (Å²) in [6, 6.07) is 6.31. The summed E-state index contributed by atoms with van der Waals surface area (Å²) in [5.41, 5.74) is 8.27. The molecule has 0 radical (unpaired) electrons. The average molecular weight is 441 g/mol. The van der Waals surface area contributed by atoms with Crippen LogP contribution in [-0.4, -0.2) is 50.1 Å². The van der Waals surface area contributed by atoms with Crippen LogP contribution in [-0.2, 0) is 11.3 Å². The minimum atomic E-state index is 0.611. The van der Waals surface area contributed by atoms with E-state index in [2.05, 4.69) is 83.2 Å². The molecule has 3 aliphatic rings. The SMILES string of the molecule is Cc1c(Br)cccc1COC1=C2C=CC3=C(C2)C(=C1)CN(CCCN(C)C)C3. The quantitative estimate of drug-likeness (QED) is 0.593. The van der Waals surface area contributed by atoms with Gasteiger partial charge in [-0.05, 0) is 79.5 Å². The third-order valence-electron chi connectivity index (χ3n) is 5.88. The van der Waals surface area contributed by atoms with Crippen molar-refractivity contribution in [1.29, 1.82) is 0 Å². The molecule has 4 rings (SSSR count). The Labute approximate surface area is 177 Å². The van der Waals surface area contributed by atoms with Crippen LogP contribution in [0.4, 0.5) is 0 Å². The number of benzene rings is 1. The van der Waals surface area contributed by atoms with Crippen molar-refractivity contribution in [2.45, 2.75) is 26.4 Å². The maximum Gasteiger partial charge on any atom is 0.123 e. The normalized spacial score (nSPS) is 18.8. The lowest BCUT2D eigenvalue weighted by molar-refractivity contribution is 0.205. The van der Waals surface area contributed by atoms with Gasteiger partial charge in [0.1, 0.15) is 12.4 Å². The predicted octanol–water partition coefficient (Wildman–Crippen LogP) is 4.99. The summed E-state index contributed by atoms with van der Waals surface area (Å²) < 4.78 is 7.45. The first-order valence-electron chi connectivity index (χ1n) is 10.1. The molecule has 2 bridgehead atoms. The fraction of sp³-hybridized carbons (Fsp3) is 0.417. The number of nitrogens with zero attached hydrogens (tertiary/aromatic N) is 2. The molecular formula is C24H29BrN2O. The first kappa shape index (κ1) is 19.7. The summed E-state index contributed by atoms with van der Waals surface area (Å²) in [5.74, 6) is 1.04. The second-order valence-electron chi connectivity index (χ2n) is 8.25. The zero-order valence-corrected chi connectivity index (χ0v) is 18.7. The molecule has 0 saturated carbocycles. The van der Waals surface area contributed by atoms with E-state index in [4.69, 9.17) is 4.74 Å². The lowest BCUT2D eigenvalue weighted by atomic mass is 9.81. The van der Waals surface area contributed by atoms with Gasteiger partial charge in [-0.3, -0.25) is 4.90 Å². The summed E-state index contributed by atoms with van der Waals surface area (Å²) in [6.07, 6.45) is 9.10. The Morgan fingerprint density at radius 3 is 2.79 bits per heavy atom. The van der Waals surface area contributed by atoms with Gasteiger partial charge >= 0.3 is 0 Å². The zero-order chi connectivity index (χ0) is 19.7. The Hall–Kier alpha value is -1.62. The van der Waals surface area contributed by atoms with Gasteiger partial charge in [0.25, 0.3) is 0 Å². The molecule has 3 nitrogen and oxygen atoms in total. The Morgan fingerprint density at radius 2 is 1.96 bits per heavy atom. The Kier molecular flexibility index (Phi) is 5.91. The molecule has 0 atom stereocenters. The van der Waals surface area contributed by atoms with Crippen molar-refractivity contribution in [1.82, 2.24) is 9.80 Å². The number of hydrogen-bond donors (Lipinski definition) is 0. The number of fused-ring (bicyclic) bond motifs is 1. The number of ether oxygens (including phenoxy) is 1. The molecule has 0 aromatic heterocycles. The molecule has 1 heterocycles. The largest absolute Gasteiger partial charge is 0.489 e. The van der Waals surface area contributed by atoms with Gasteiger partial charge in [-0.25, -0.2) is 0 Å². The molecule has 2 aliphatic carbocycles. The minimum absolute atomic E-state index is 0.611. The molecule has 4 heteroatoms. The Balaban J connectivity index is 1.48. The highest BCUT2D eigenvalue weighted by molar-refractivity contribution is 9.10. The van der Waals surface area contributed by atoms with Crippen LogP contribution in [0.5, 0.6) is 0 Å². The molecule has 0 spiro atoms. The van der Waals surface area contributed by atoms with Gasteiger partial charge in [-0.1, -0.05) is 40.2 Å². The van der Waals surface area contributed by atoms with E-state index in [0.717, 1.165) is 42.8 Å². The van der Waals surface area contributed by atoms with Crippen LogP contribution in [0.15, 0.2) is 69.0 Å². The molecule has 0 N–H and O–H groups in total. The number of hydrogen-bond acceptors (Lipinski definition) is 3. The molecule has 0 saturated heterocycles. The van der Waals surface area contributed by atoms with Crippen LogP contribution in [0.3, 0.4) is 0 Å². The predicted molar refractivity (Wildman–Crippen MR) is 119 cm³/mol. The van der Waals surface area contributed by atoms with E-state index in [9.17, 15) is 0 Å². The summed E-state index contributed by atoms with van der Waals surface area (Å²) in [5, 5.41) is 0. The molecule has 0 unspecified atom stereocenters. The van der Waals surface area contributed by atoms with Gasteiger partial charge < -0.3 is 9.64 Å². The number of rotatable bonds is 7. The van der Waals surface area contributed by atoms with Crippen LogP contribution in [0.2, 0.25) is 0 Å². The second kappa shape index (κ2) is 8.40. The van der Waals surface area contributed by atoms with E-state index in [1.54, 1.807) is 0 Å². The standard InChI is InChI=1S/C24H29BrN2O/c1-17-20(6-4-7-23(17)25)16-28-24-13-21-15-27(11-5-10-26(2)3)14-19-9-8-18(24)12-22(19)21/h4,6-9,13H,5,10-12,14-16H2,1-3H3. The van der Waals surface area contributed by atoms with Gasteiger partial charge in [0.2, 0.25) is 0 Å². The van der Waals surface area contributed by atoms with Crippen molar-refractivity contribution < 1.29 is 4.74 Å². The van der Waals surface area contributed by atoms with Crippen molar-refractivity contribution in [3.05, 3.63) is 80.1 Å². The summed E-state index contributed by atoms with van der Waals surface area (Å²) in [6.45, 7) is 7.15. The Bertz CT molecular complexity index is 892. The smallest absolute Gasteiger partial charge is 0.123 e. The van der Waals surface area contributed by atoms with E-state index in [1.807, 2.05) is 0 Å². The van der Waals surface area contributed by atoms with E-state index in [0.29, 0.717) is 6.61 Å². The van der Waals surface area contributed by atoms with Crippen molar-refractivity contribution in [2.24, 2.45) is 0 Å². The fourth-order valence-corrected chi connectivity index (χ4v) is 4.59. The maximum absolute atomic E-state index is 6.31. The van der Waals surface area contributed by atoms with Crippen molar-refractivity contribution in [3.8, 4) is 0 Å². The first-order chi connectivity index (χ1) is 13.5. The summed E-state index contributed by atoms with van der Waals surface area (Å²) >= 11 is 3.62. The van der Waals surface area contributed by atoms with Gasteiger partial charge in [-0.2, -0.15) is 0 Å². The fourth-order valence-electron chi connectivity index (χ4n) is 4.19. The lowest BCUT2D eigenvalue weighted by Crippen LogP contribution is -2.36. The van der Waals surface area contributed by atoms with Crippen LogP contribution in [0, 0.1) is 6.92 Å². The molecule has 1 aromatic rings. The Morgan fingerprint density at radius 1 is 1.14 bits per heavy atom. The monoisotopic (exact) mass is 440 g/mol. The highest BCUT2D eigenvalue weighted by Gasteiger charge is 2.28. The number of halogens is 1. The molecule has 0 fully saturated rings. The average Bonchev–Trinajstić information content (AvgIpc) is 2.68.